The maximum absolute atomic E-state index is 12.1. The van der Waals surface area contributed by atoms with Crippen molar-refractivity contribution < 1.29 is 9.53 Å². The highest BCUT2D eigenvalue weighted by atomic mass is 32.1. The zero-order chi connectivity index (χ0) is 11.7. The Morgan fingerprint density at radius 2 is 2.12 bits per heavy atom. The van der Waals surface area contributed by atoms with Gasteiger partial charge in [0.15, 0.2) is 0 Å². The summed E-state index contributed by atoms with van der Waals surface area (Å²) in [7, 11) is 0. The van der Waals surface area contributed by atoms with Gasteiger partial charge >= 0.3 is 0 Å². The first kappa shape index (κ1) is 11.5. The molecule has 2 rings (SSSR count). The van der Waals surface area contributed by atoms with Gasteiger partial charge in [-0.15, -0.1) is 0 Å². The fourth-order valence-corrected chi connectivity index (χ4v) is 2.51. The molecular weight excluding hydrogens is 224 g/mol. The zero-order valence-corrected chi connectivity index (χ0v) is 10.6. The molecule has 2 heterocycles. The van der Waals surface area contributed by atoms with E-state index in [4.69, 9.17) is 4.74 Å². The van der Waals surface area contributed by atoms with Gasteiger partial charge in [-0.25, -0.2) is 0 Å². The number of aromatic nitrogens is 1. The fourth-order valence-electron chi connectivity index (χ4n) is 1.97. The highest BCUT2D eigenvalue weighted by molar-refractivity contribution is 7.05. The number of ether oxygens (including phenoxy) is 1. The van der Waals surface area contributed by atoms with E-state index >= 15 is 0 Å². The van der Waals surface area contributed by atoms with Crippen molar-refractivity contribution >= 4 is 17.4 Å². The average Bonchev–Trinajstić information content (AvgIpc) is 2.62. The van der Waals surface area contributed by atoms with E-state index in [9.17, 15) is 4.79 Å². The first-order valence-electron chi connectivity index (χ1n) is 5.44. The normalized spacial score (nSPS) is 25.8. The number of morpholine rings is 1. The van der Waals surface area contributed by atoms with Crippen LogP contribution in [-0.2, 0) is 4.74 Å². The van der Waals surface area contributed by atoms with Crippen LogP contribution in [0, 0.1) is 6.92 Å². The number of rotatable bonds is 1. The third-order valence-corrected chi connectivity index (χ3v) is 3.25. The molecule has 16 heavy (non-hydrogen) atoms. The summed E-state index contributed by atoms with van der Waals surface area (Å²) in [6, 6.07) is 1.85. The molecule has 0 bridgehead atoms. The number of nitrogens with zero attached hydrogens (tertiary/aromatic N) is 2. The van der Waals surface area contributed by atoms with Crippen LogP contribution in [0.1, 0.15) is 29.2 Å². The van der Waals surface area contributed by atoms with Crippen molar-refractivity contribution in [1.29, 1.82) is 0 Å². The Morgan fingerprint density at radius 3 is 2.62 bits per heavy atom. The summed E-state index contributed by atoms with van der Waals surface area (Å²) >= 11 is 1.37. The van der Waals surface area contributed by atoms with Crippen LogP contribution in [0.4, 0.5) is 0 Å². The van der Waals surface area contributed by atoms with E-state index < -0.39 is 0 Å². The molecule has 0 saturated carbocycles. The molecule has 1 fully saturated rings. The van der Waals surface area contributed by atoms with Gasteiger partial charge in [0.2, 0.25) is 0 Å². The highest BCUT2D eigenvalue weighted by Gasteiger charge is 2.27. The van der Waals surface area contributed by atoms with Crippen molar-refractivity contribution in [3.05, 3.63) is 16.6 Å². The lowest BCUT2D eigenvalue weighted by atomic mass is 10.2. The smallest absolute Gasteiger partial charge is 0.273 e. The minimum absolute atomic E-state index is 0.0198. The second-order valence-corrected chi connectivity index (χ2v) is 5.30. The average molecular weight is 240 g/mol. The molecule has 0 aliphatic carbocycles. The maximum atomic E-state index is 12.1. The molecule has 1 saturated heterocycles. The van der Waals surface area contributed by atoms with Gasteiger partial charge in [0, 0.05) is 18.0 Å². The zero-order valence-electron chi connectivity index (χ0n) is 9.77. The van der Waals surface area contributed by atoms with E-state index in [0.717, 1.165) is 4.88 Å². The lowest BCUT2D eigenvalue weighted by molar-refractivity contribution is -0.0587. The lowest BCUT2D eigenvalue weighted by Crippen LogP contribution is -2.48. The Kier molecular flexibility index (Phi) is 3.25. The molecule has 0 N–H and O–H groups in total. The number of carbonyl (C=O) groups excluding carboxylic acids is 1. The summed E-state index contributed by atoms with van der Waals surface area (Å²) in [5, 5.41) is 0. The molecule has 1 aromatic rings. The van der Waals surface area contributed by atoms with Gasteiger partial charge in [0.25, 0.3) is 5.91 Å². The highest BCUT2D eigenvalue weighted by Crippen LogP contribution is 2.15. The molecule has 0 aromatic carbocycles. The Bertz CT molecular complexity index is 381. The summed E-state index contributed by atoms with van der Waals surface area (Å²) in [5.74, 6) is 0.0198. The van der Waals surface area contributed by atoms with Crippen molar-refractivity contribution in [3.63, 3.8) is 0 Å². The predicted octanol–water partition coefficient (Wildman–Crippen LogP) is 1.70. The van der Waals surface area contributed by atoms with Crippen LogP contribution in [0.15, 0.2) is 6.07 Å². The number of hydrogen-bond acceptors (Lipinski definition) is 4. The van der Waals surface area contributed by atoms with E-state index in [0.29, 0.717) is 18.8 Å². The maximum Gasteiger partial charge on any atom is 0.273 e. The fraction of sp³-hybridized carbons (Fsp3) is 0.636. The molecule has 2 atom stereocenters. The van der Waals surface area contributed by atoms with Gasteiger partial charge in [0.1, 0.15) is 5.69 Å². The molecular formula is C11H16N2O2S. The quantitative estimate of drug-likeness (QED) is 0.750. The Hall–Kier alpha value is -0.940. The Morgan fingerprint density at radius 1 is 1.50 bits per heavy atom. The van der Waals surface area contributed by atoms with Crippen molar-refractivity contribution in [3.8, 4) is 0 Å². The summed E-state index contributed by atoms with van der Waals surface area (Å²) in [4.78, 5) is 15.0. The second-order valence-electron chi connectivity index (χ2n) is 4.29. The molecule has 4 nitrogen and oxygen atoms in total. The van der Waals surface area contributed by atoms with E-state index in [-0.39, 0.29) is 18.1 Å². The third-order valence-electron chi connectivity index (χ3n) is 2.55. The molecule has 5 heteroatoms. The van der Waals surface area contributed by atoms with Gasteiger partial charge in [-0.1, -0.05) is 0 Å². The third kappa shape index (κ3) is 2.41. The van der Waals surface area contributed by atoms with Gasteiger partial charge in [0.05, 0.1) is 12.2 Å². The van der Waals surface area contributed by atoms with Crippen LogP contribution in [0.5, 0.6) is 0 Å². The van der Waals surface area contributed by atoms with Gasteiger partial charge < -0.3 is 9.64 Å². The topological polar surface area (TPSA) is 42.4 Å². The molecule has 1 amide bonds. The molecule has 0 radical (unpaired) electrons. The Labute approximate surface area is 99.4 Å². The van der Waals surface area contributed by atoms with Crippen molar-refractivity contribution in [1.82, 2.24) is 9.27 Å². The van der Waals surface area contributed by atoms with Gasteiger partial charge in [-0.05, 0) is 38.4 Å². The number of hydrogen-bond donors (Lipinski definition) is 0. The number of carbonyl (C=O) groups is 1. The van der Waals surface area contributed by atoms with Crippen molar-refractivity contribution in [2.24, 2.45) is 0 Å². The summed E-state index contributed by atoms with van der Waals surface area (Å²) in [6.07, 6.45) is 0.208. The van der Waals surface area contributed by atoms with Crippen LogP contribution in [0.3, 0.4) is 0 Å². The van der Waals surface area contributed by atoms with Crippen LogP contribution >= 0.6 is 11.5 Å². The van der Waals surface area contributed by atoms with Gasteiger partial charge in [-0.2, -0.15) is 4.37 Å². The van der Waals surface area contributed by atoms with E-state index in [1.165, 1.54) is 11.5 Å². The SMILES string of the molecule is Cc1cc(C(=O)N2CC(C)OC(C)C2)ns1. The summed E-state index contributed by atoms with van der Waals surface area (Å²) < 4.78 is 9.75. The van der Waals surface area contributed by atoms with E-state index in [1.54, 1.807) is 0 Å². The first-order valence-corrected chi connectivity index (χ1v) is 6.21. The second kappa shape index (κ2) is 4.51. The standard InChI is InChI=1S/C11H16N2O2S/c1-7-5-13(6-8(2)15-7)11(14)10-4-9(3)16-12-10/h4,7-8H,5-6H2,1-3H3. The lowest BCUT2D eigenvalue weighted by Gasteiger charge is -2.34. The van der Waals surface area contributed by atoms with Crippen LogP contribution in [0.2, 0.25) is 0 Å². The molecule has 0 spiro atoms. The summed E-state index contributed by atoms with van der Waals surface area (Å²) in [5.41, 5.74) is 0.559. The minimum Gasteiger partial charge on any atom is -0.372 e. The van der Waals surface area contributed by atoms with Crippen molar-refractivity contribution in [2.45, 2.75) is 33.0 Å². The Balaban J connectivity index is 2.09. The minimum atomic E-state index is 0.0198. The van der Waals surface area contributed by atoms with Gasteiger partial charge in [-0.3, -0.25) is 4.79 Å². The molecule has 2 unspecified atom stereocenters. The van der Waals surface area contributed by atoms with Crippen molar-refractivity contribution in [2.75, 3.05) is 13.1 Å². The predicted molar refractivity (Wildman–Crippen MR) is 62.8 cm³/mol. The number of amides is 1. The molecule has 1 aliphatic heterocycles. The van der Waals surface area contributed by atoms with Crippen LogP contribution < -0.4 is 0 Å². The van der Waals surface area contributed by atoms with Crippen LogP contribution in [0.25, 0.3) is 0 Å². The van der Waals surface area contributed by atoms with E-state index in [1.807, 2.05) is 31.7 Å². The number of aryl methyl sites for hydroxylation is 1. The monoisotopic (exact) mass is 240 g/mol. The molecule has 1 aliphatic rings. The first-order chi connectivity index (χ1) is 7.56. The van der Waals surface area contributed by atoms with Crippen LogP contribution in [-0.4, -0.2) is 40.5 Å². The summed E-state index contributed by atoms with van der Waals surface area (Å²) in [6.45, 7) is 7.24. The largest absolute Gasteiger partial charge is 0.372 e. The van der Waals surface area contributed by atoms with E-state index in [2.05, 4.69) is 4.37 Å². The molecule has 1 aromatic heterocycles. The molecule has 88 valence electrons.